The van der Waals surface area contributed by atoms with Gasteiger partial charge in [-0.05, 0) is 15.9 Å². The molecule has 0 bridgehead atoms. The first-order chi connectivity index (χ1) is 11.8. The minimum Gasteiger partial charge on any atom is -0.298 e. The van der Waals surface area contributed by atoms with Gasteiger partial charge in [-0.3, -0.25) is 9.20 Å². The Morgan fingerprint density at radius 2 is 1.71 bits per heavy atom. The molecule has 0 saturated carbocycles. The smallest absolute Gasteiger partial charge is 0.234 e. The summed E-state index contributed by atoms with van der Waals surface area (Å²) < 4.78 is 2.86. The van der Waals surface area contributed by atoms with Crippen molar-refractivity contribution in [1.29, 1.82) is 0 Å². The predicted octanol–water partition coefficient (Wildman–Crippen LogP) is 4.64. The van der Waals surface area contributed by atoms with Crippen molar-refractivity contribution < 1.29 is 4.79 Å². The average molecular weight is 378 g/mol. The summed E-state index contributed by atoms with van der Waals surface area (Å²) in [5, 5.41) is 0. The molecular formula is C19H12BrN3O. The van der Waals surface area contributed by atoms with Crippen LogP contribution in [0.2, 0.25) is 0 Å². The fourth-order valence-corrected chi connectivity index (χ4v) is 3.01. The molecule has 0 unspecified atom stereocenters. The minimum absolute atomic E-state index is 0.631. The van der Waals surface area contributed by atoms with E-state index < -0.39 is 0 Å². The van der Waals surface area contributed by atoms with E-state index in [1.807, 2.05) is 53.1 Å². The van der Waals surface area contributed by atoms with Gasteiger partial charge in [0, 0.05) is 29.1 Å². The molecule has 116 valence electrons. The van der Waals surface area contributed by atoms with Crippen molar-refractivity contribution in [3.63, 3.8) is 0 Å². The molecular weight excluding hydrogens is 366 g/mol. The summed E-state index contributed by atoms with van der Waals surface area (Å²) in [6.45, 7) is 0. The highest BCUT2D eigenvalue weighted by atomic mass is 79.9. The average Bonchev–Trinajstić information content (AvgIpc) is 3.01. The number of hydrogen-bond acceptors (Lipinski definition) is 3. The first-order valence-electron chi connectivity index (χ1n) is 7.41. The summed E-state index contributed by atoms with van der Waals surface area (Å²) in [7, 11) is 0. The van der Waals surface area contributed by atoms with Crippen LogP contribution in [0.3, 0.4) is 0 Å². The Kier molecular flexibility index (Phi) is 3.70. The Labute approximate surface area is 146 Å². The van der Waals surface area contributed by atoms with Crippen LogP contribution in [0.5, 0.6) is 0 Å². The maximum atomic E-state index is 10.9. The summed E-state index contributed by atoms with van der Waals surface area (Å²) in [5.74, 6) is 0.631. The molecule has 0 aliphatic rings. The summed E-state index contributed by atoms with van der Waals surface area (Å²) >= 11 is 3.47. The molecule has 4 nitrogen and oxygen atoms in total. The van der Waals surface area contributed by atoms with Crippen LogP contribution in [-0.2, 0) is 0 Å². The number of benzene rings is 2. The van der Waals surface area contributed by atoms with Gasteiger partial charge < -0.3 is 0 Å². The van der Waals surface area contributed by atoms with Crippen LogP contribution in [-0.4, -0.2) is 20.7 Å². The summed E-state index contributed by atoms with van der Waals surface area (Å²) in [4.78, 5) is 20.0. The van der Waals surface area contributed by atoms with Gasteiger partial charge in [0.15, 0.2) is 0 Å². The molecule has 0 N–H and O–H groups in total. The van der Waals surface area contributed by atoms with Crippen molar-refractivity contribution in [2.45, 2.75) is 0 Å². The Balaban J connectivity index is 2.02. The highest BCUT2D eigenvalue weighted by Crippen LogP contribution is 2.32. The number of halogens is 1. The molecule has 5 heteroatoms. The fourth-order valence-electron chi connectivity index (χ4n) is 2.70. The quantitative estimate of drug-likeness (QED) is 0.488. The lowest BCUT2D eigenvalue weighted by Gasteiger charge is -2.06. The topological polar surface area (TPSA) is 47.3 Å². The number of aromatic nitrogens is 3. The van der Waals surface area contributed by atoms with E-state index in [0.717, 1.165) is 33.3 Å². The van der Waals surface area contributed by atoms with Crippen molar-refractivity contribution >= 4 is 28.0 Å². The number of hydrogen-bond donors (Lipinski definition) is 0. The number of aldehydes is 1. The Morgan fingerprint density at radius 1 is 0.958 bits per heavy atom. The number of nitrogens with zero attached hydrogens (tertiary/aromatic N) is 3. The number of rotatable bonds is 3. The van der Waals surface area contributed by atoms with Gasteiger partial charge in [-0.1, -0.05) is 54.6 Å². The Bertz CT molecular complexity index is 1020. The molecule has 24 heavy (non-hydrogen) atoms. The number of carbonyl (C=O) groups is 1. The first-order valence-corrected chi connectivity index (χ1v) is 8.20. The second-order valence-electron chi connectivity index (χ2n) is 5.36. The van der Waals surface area contributed by atoms with Gasteiger partial charge >= 0.3 is 0 Å². The van der Waals surface area contributed by atoms with Crippen molar-refractivity contribution in [3.8, 4) is 22.5 Å². The van der Waals surface area contributed by atoms with Gasteiger partial charge in [-0.25, -0.2) is 9.97 Å². The molecule has 4 aromatic rings. The van der Waals surface area contributed by atoms with Gasteiger partial charge in [0.05, 0.1) is 15.9 Å². The van der Waals surface area contributed by atoms with Gasteiger partial charge in [0.1, 0.15) is 6.29 Å². The highest BCUT2D eigenvalue weighted by Gasteiger charge is 2.16. The molecule has 0 radical (unpaired) electrons. The van der Waals surface area contributed by atoms with Crippen LogP contribution in [0.1, 0.15) is 10.4 Å². The SMILES string of the molecule is O=Cc1ccc(-c2nc3ncc(Br)cn3c2-c2ccccc2)cc1. The minimum atomic E-state index is 0.631. The van der Waals surface area contributed by atoms with Gasteiger partial charge in [-0.2, -0.15) is 0 Å². The molecule has 0 fully saturated rings. The zero-order chi connectivity index (χ0) is 16.5. The zero-order valence-corrected chi connectivity index (χ0v) is 14.1. The van der Waals surface area contributed by atoms with Crippen LogP contribution in [0, 0.1) is 0 Å². The molecule has 0 aliphatic carbocycles. The lowest BCUT2D eigenvalue weighted by Crippen LogP contribution is -1.91. The molecule has 0 atom stereocenters. The number of fused-ring (bicyclic) bond motifs is 1. The highest BCUT2D eigenvalue weighted by molar-refractivity contribution is 9.10. The zero-order valence-electron chi connectivity index (χ0n) is 12.6. The maximum Gasteiger partial charge on any atom is 0.234 e. The van der Waals surface area contributed by atoms with Crippen LogP contribution < -0.4 is 0 Å². The normalized spacial score (nSPS) is 10.9. The standard InChI is InChI=1S/C19H12BrN3O/c20-16-10-21-19-22-17(14-8-6-13(12-24)7-9-14)18(23(19)11-16)15-4-2-1-3-5-15/h1-12H. The number of imidazole rings is 1. The van der Waals surface area contributed by atoms with E-state index in [0.29, 0.717) is 11.3 Å². The van der Waals surface area contributed by atoms with Crippen LogP contribution in [0.25, 0.3) is 28.3 Å². The summed E-state index contributed by atoms with van der Waals surface area (Å²) in [6.07, 6.45) is 4.53. The second-order valence-corrected chi connectivity index (χ2v) is 6.27. The lowest BCUT2D eigenvalue weighted by molar-refractivity contribution is 0.112. The third-order valence-electron chi connectivity index (χ3n) is 3.82. The molecule has 0 spiro atoms. The van der Waals surface area contributed by atoms with E-state index in [4.69, 9.17) is 4.98 Å². The predicted molar refractivity (Wildman–Crippen MR) is 96.9 cm³/mol. The maximum absolute atomic E-state index is 10.9. The summed E-state index contributed by atoms with van der Waals surface area (Å²) in [5.41, 5.74) is 4.45. The monoisotopic (exact) mass is 377 g/mol. The Hall–Kier alpha value is -2.79. The van der Waals surface area contributed by atoms with Crippen molar-refractivity contribution in [2.75, 3.05) is 0 Å². The van der Waals surface area contributed by atoms with Gasteiger partial charge in [-0.15, -0.1) is 0 Å². The molecule has 0 saturated heterocycles. The molecule has 0 amide bonds. The van der Waals surface area contributed by atoms with E-state index >= 15 is 0 Å². The van der Waals surface area contributed by atoms with Crippen molar-refractivity contribution in [3.05, 3.63) is 77.0 Å². The van der Waals surface area contributed by atoms with Gasteiger partial charge in [0.25, 0.3) is 0 Å². The molecule has 4 rings (SSSR count). The Morgan fingerprint density at radius 3 is 2.42 bits per heavy atom. The van der Waals surface area contributed by atoms with E-state index in [1.165, 1.54) is 0 Å². The van der Waals surface area contributed by atoms with Crippen LogP contribution in [0.15, 0.2) is 71.5 Å². The molecule has 2 aromatic carbocycles. The van der Waals surface area contributed by atoms with E-state index in [1.54, 1.807) is 18.3 Å². The van der Waals surface area contributed by atoms with Crippen molar-refractivity contribution in [2.24, 2.45) is 0 Å². The number of carbonyl (C=O) groups excluding carboxylic acids is 1. The lowest BCUT2D eigenvalue weighted by atomic mass is 10.0. The first kappa shape index (κ1) is 14.8. The molecule has 2 aromatic heterocycles. The van der Waals surface area contributed by atoms with E-state index in [9.17, 15) is 4.79 Å². The third kappa shape index (κ3) is 2.53. The van der Waals surface area contributed by atoms with Crippen LogP contribution in [0.4, 0.5) is 0 Å². The van der Waals surface area contributed by atoms with Gasteiger partial charge in [0.2, 0.25) is 5.78 Å². The third-order valence-corrected chi connectivity index (χ3v) is 4.23. The van der Waals surface area contributed by atoms with E-state index in [2.05, 4.69) is 20.9 Å². The van der Waals surface area contributed by atoms with Crippen LogP contribution >= 0.6 is 15.9 Å². The van der Waals surface area contributed by atoms with Crippen molar-refractivity contribution in [1.82, 2.24) is 14.4 Å². The summed E-state index contributed by atoms with van der Waals surface area (Å²) in [6, 6.07) is 17.5. The second kappa shape index (κ2) is 6.02. The fraction of sp³-hybridized carbons (Fsp3) is 0. The molecule has 2 heterocycles. The largest absolute Gasteiger partial charge is 0.298 e. The molecule has 0 aliphatic heterocycles. The van der Waals surface area contributed by atoms with E-state index in [-0.39, 0.29) is 0 Å².